The van der Waals surface area contributed by atoms with Crippen LogP contribution in [0.1, 0.15) is 24.5 Å². The van der Waals surface area contributed by atoms with Crippen molar-refractivity contribution in [2.45, 2.75) is 25.2 Å². The minimum Gasteiger partial charge on any atom is -0.497 e. The number of allylic oxidation sites excluding steroid dienone is 1. The minimum atomic E-state index is -1.39. The van der Waals surface area contributed by atoms with Crippen LogP contribution >= 0.6 is 0 Å². The number of aryl methyl sites for hydroxylation is 1. The molecule has 1 heterocycles. The molecule has 0 saturated carbocycles. The number of rotatable bonds is 5. The third-order valence-electron chi connectivity index (χ3n) is 5.45. The Morgan fingerprint density at radius 1 is 0.935 bits per heavy atom. The Bertz CT molecular complexity index is 1140. The normalized spacial score (nSPS) is 17.6. The molecule has 1 aliphatic heterocycles. The van der Waals surface area contributed by atoms with Crippen molar-refractivity contribution in [1.82, 2.24) is 0 Å². The molecule has 0 N–H and O–H groups in total. The summed E-state index contributed by atoms with van der Waals surface area (Å²) in [5.41, 5.74) is 3.42. The molecule has 0 radical (unpaired) electrons. The zero-order valence-corrected chi connectivity index (χ0v) is 18.7. The van der Waals surface area contributed by atoms with Gasteiger partial charge in [-0.3, -0.25) is 9.69 Å². The molecule has 5 heteroatoms. The predicted molar refractivity (Wildman–Crippen MR) is 125 cm³/mol. The van der Waals surface area contributed by atoms with Crippen LogP contribution < -0.4 is 9.64 Å². The molecular formula is C26H25NO3S. The number of amides is 1. The van der Waals surface area contributed by atoms with E-state index in [0.717, 1.165) is 32.4 Å². The maximum Gasteiger partial charge on any atom is 0.232 e. The molecule has 0 bridgehead atoms. The zero-order chi connectivity index (χ0) is 22.0. The van der Waals surface area contributed by atoms with Crippen LogP contribution in [-0.4, -0.2) is 17.2 Å². The monoisotopic (exact) mass is 431 g/mol. The second-order valence-electron chi connectivity index (χ2n) is 7.69. The van der Waals surface area contributed by atoms with Crippen LogP contribution in [0, 0.1) is 12.8 Å². The first-order valence-corrected chi connectivity index (χ1v) is 11.4. The molecular weight excluding hydrogens is 406 g/mol. The van der Waals surface area contributed by atoms with Gasteiger partial charge in [0.25, 0.3) is 0 Å². The summed E-state index contributed by atoms with van der Waals surface area (Å²) in [6, 6.07) is 24.9. The summed E-state index contributed by atoms with van der Waals surface area (Å²) in [5.74, 6) is 0.566. The standard InChI is InChI=1S/C26H25NO3S/c1-18-9-15-23(16-10-18)31(29)26-19(2)17-24(28)27(21-11-13-22(30-3)14-12-21)25(26)20-7-5-4-6-8-20/h4-16,19H,17H2,1-3H3/t19-,31?/m1/s1. The van der Waals surface area contributed by atoms with E-state index in [1.165, 1.54) is 0 Å². The molecule has 4 rings (SSSR count). The van der Waals surface area contributed by atoms with Gasteiger partial charge in [0.1, 0.15) is 5.75 Å². The topological polar surface area (TPSA) is 46.6 Å². The largest absolute Gasteiger partial charge is 0.497 e. The third-order valence-corrected chi connectivity index (χ3v) is 7.14. The number of anilines is 1. The van der Waals surface area contributed by atoms with Gasteiger partial charge >= 0.3 is 0 Å². The van der Waals surface area contributed by atoms with Gasteiger partial charge in [-0.15, -0.1) is 0 Å². The van der Waals surface area contributed by atoms with Crippen molar-refractivity contribution in [3.05, 3.63) is 94.9 Å². The highest BCUT2D eigenvalue weighted by Crippen LogP contribution is 2.41. The highest BCUT2D eigenvalue weighted by Gasteiger charge is 2.36. The maximum atomic E-state index is 13.8. The van der Waals surface area contributed by atoms with Gasteiger partial charge in [0.15, 0.2) is 0 Å². The van der Waals surface area contributed by atoms with Gasteiger partial charge in [0.05, 0.1) is 23.6 Å². The van der Waals surface area contributed by atoms with E-state index in [1.807, 2.05) is 92.7 Å². The molecule has 0 aromatic heterocycles. The Hall–Kier alpha value is -3.18. The lowest BCUT2D eigenvalue weighted by atomic mass is 9.95. The van der Waals surface area contributed by atoms with Gasteiger partial charge in [-0.05, 0) is 48.9 Å². The van der Waals surface area contributed by atoms with E-state index in [4.69, 9.17) is 4.74 Å². The smallest absolute Gasteiger partial charge is 0.232 e. The fraction of sp³-hybridized carbons (Fsp3) is 0.192. The molecule has 4 nitrogen and oxygen atoms in total. The number of benzene rings is 3. The highest BCUT2D eigenvalue weighted by atomic mass is 32.2. The van der Waals surface area contributed by atoms with Gasteiger partial charge in [-0.25, -0.2) is 4.21 Å². The summed E-state index contributed by atoms with van der Waals surface area (Å²) < 4.78 is 19.1. The number of ether oxygens (including phenoxy) is 1. The molecule has 31 heavy (non-hydrogen) atoms. The van der Waals surface area contributed by atoms with Crippen molar-refractivity contribution in [3.8, 4) is 5.75 Å². The summed E-state index contributed by atoms with van der Waals surface area (Å²) >= 11 is 0. The average molecular weight is 432 g/mol. The van der Waals surface area contributed by atoms with Crippen LogP contribution in [0.4, 0.5) is 5.69 Å². The average Bonchev–Trinajstić information content (AvgIpc) is 2.79. The maximum absolute atomic E-state index is 13.8. The highest BCUT2D eigenvalue weighted by molar-refractivity contribution is 7.89. The molecule has 0 spiro atoms. The molecule has 0 saturated heterocycles. The van der Waals surface area contributed by atoms with E-state index in [1.54, 1.807) is 12.0 Å². The first-order chi connectivity index (χ1) is 15.0. The molecule has 1 unspecified atom stereocenters. The van der Waals surface area contributed by atoms with Gasteiger partial charge in [-0.1, -0.05) is 55.0 Å². The van der Waals surface area contributed by atoms with E-state index in [9.17, 15) is 9.00 Å². The molecule has 158 valence electrons. The van der Waals surface area contributed by atoms with Gasteiger partial charge in [-0.2, -0.15) is 0 Å². The Balaban J connectivity index is 1.93. The molecule has 1 amide bonds. The molecule has 0 fully saturated rings. The first kappa shape index (κ1) is 21.1. The Labute approximate surface area is 185 Å². The van der Waals surface area contributed by atoms with Crippen LogP contribution in [0.15, 0.2) is 88.7 Å². The second-order valence-corrected chi connectivity index (χ2v) is 9.14. The number of methoxy groups -OCH3 is 1. The third kappa shape index (κ3) is 4.19. The van der Waals surface area contributed by atoms with E-state index >= 15 is 0 Å². The van der Waals surface area contributed by atoms with Crippen molar-refractivity contribution in [3.63, 3.8) is 0 Å². The number of hydrogen-bond acceptors (Lipinski definition) is 3. The molecule has 1 aliphatic rings. The summed E-state index contributed by atoms with van der Waals surface area (Å²) in [5, 5.41) is 0. The predicted octanol–water partition coefficient (Wildman–Crippen LogP) is 5.55. The van der Waals surface area contributed by atoms with Crippen molar-refractivity contribution in [2.75, 3.05) is 12.0 Å². The lowest BCUT2D eigenvalue weighted by Gasteiger charge is -2.35. The summed E-state index contributed by atoms with van der Waals surface area (Å²) in [6.07, 6.45) is 0.301. The first-order valence-electron chi connectivity index (χ1n) is 10.2. The van der Waals surface area contributed by atoms with E-state index in [2.05, 4.69) is 0 Å². The van der Waals surface area contributed by atoms with Gasteiger partial charge in [0.2, 0.25) is 5.91 Å². The Kier molecular flexibility index (Phi) is 6.05. The minimum absolute atomic E-state index is 0.0128. The van der Waals surface area contributed by atoms with Crippen LogP contribution in [0.5, 0.6) is 5.75 Å². The van der Waals surface area contributed by atoms with Gasteiger partial charge < -0.3 is 4.74 Å². The fourth-order valence-electron chi connectivity index (χ4n) is 3.85. The molecule has 3 aromatic rings. The second kappa shape index (κ2) is 8.90. The number of carbonyl (C=O) groups is 1. The van der Waals surface area contributed by atoms with Gasteiger partial charge in [0, 0.05) is 27.8 Å². The van der Waals surface area contributed by atoms with Crippen molar-refractivity contribution in [1.29, 1.82) is 0 Å². The van der Waals surface area contributed by atoms with E-state index in [0.29, 0.717) is 12.1 Å². The lowest BCUT2D eigenvalue weighted by molar-refractivity contribution is -0.118. The van der Waals surface area contributed by atoms with Crippen molar-refractivity contribution in [2.24, 2.45) is 5.92 Å². The fourth-order valence-corrected chi connectivity index (χ4v) is 5.32. The van der Waals surface area contributed by atoms with E-state index < -0.39 is 10.8 Å². The van der Waals surface area contributed by atoms with Crippen LogP contribution in [-0.2, 0) is 15.6 Å². The van der Waals surface area contributed by atoms with Crippen LogP contribution in [0.25, 0.3) is 5.70 Å². The summed E-state index contributed by atoms with van der Waals surface area (Å²) in [7, 11) is 0.219. The summed E-state index contributed by atoms with van der Waals surface area (Å²) in [6.45, 7) is 3.99. The van der Waals surface area contributed by atoms with Crippen LogP contribution in [0.2, 0.25) is 0 Å². The summed E-state index contributed by atoms with van der Waals surface area (Å²) in [4.78, 5) is 16.5. The Morgan fingerprint density at radius 2 is 1.58 bits per heavy atom. The Morgan fingerprint density at radius 3 is 2.19 bits per heavy atom. The molecule has 2 atom stereocenters. The quantitative estimate of drug-likeness (QED) is 0.532. The van der Waals surface area contributed by atoms with Crippen LogP contribution in [0.3, 0.4) is 0 Å². The van der Waals surface area contributed by atoms with Crippen molar-refractivity contribution >= 4 is 28.1 Å². The van der Waals surface area contributed by atoms with Crippen molar-refractivity contribution < 1.29 is 13.7 Å². The molecule has 0 aliphatic carbocycles. The number of hydrogen-bond donors (Lipinski definition) is 0. The lowest BCUT2D eigenvalue weighted by Crippen LogP contribution is -2.37. The zero-order valence-electron chi connectivity index (χ0n) is 17.9. The number of carbonyl (C=O) groups excluding carboxylic acids is 1. The molecule has 3 aromatic carbocycles. The number of nitrogens with zero attached hydrogens (tertiary/aromatic N) is 1. The SMILES string of the molecule is COc1ccc(N2C(=O)C[C@@H](C)C(S(=O)c3ccc(C)cc3)=C2c2ccccc2)cc1. The van der Waals surface area contributed by atoms with E-state index in [-0.39, 0.29) is 11.8 Å².